The molecule has 0 unspecified atom stereocenters. The molecule has 0 saturated carbocycles. The largest absolute Gasteiger partial charge is 0.323 e. The maximum absolute atomic E-state index is 4.37. The first-order valence-corrected chi connectivity index (χ1v) is 6.64. The van der Waals surface area contributed by atoms with Crippen LogP contribution in [-0.4, -0.2) is 31.4 Å². The molecule has 0 radical (unpaired) electrons. The first-order valence-electron chi connectivity index (χ1n) is 6.64. The van der Waals surface area contributed by atoms with E-state index in [0.29, 0.717) is 5.92 Å². The first kappa shape index (κ1) is 13.7. The number of hydrogen-bond acceptors (Lipinski definition) is 4. The van der Waals surface area contributed by atoms with Gasteiger partial charge in [0.25, 0.3) is 0 Å². The van der Waals surface area contributed by atoms with Crippen molar-refractivity contribution in [1.82, 2.24) is 29.6 Å². The van der Waals surface area contributed by atoms with Crippen LogP contribution in [0.2, 0.25) is 0 Å². The molecule has 19 heavy (non-hydrogen) atoms. The Bertz CT molecular complexity index is 525. The Morgan fingerprint density at radius 2 is 2.11 bits per heavy atom. The minimum Gasteiger partial charge on any atom is -0.323 e. The van der Waals surface area contributed by atoms with Crippen molar-refractivity contribution in [3.63, 3.8) is 0 Å². The molecule has 2 aromatic rings. The highest BCUT2D eigenvalue weighted by atomic mass is 15.3. The van der Waals surface area contributed by atoms with Crippen LogP contribution in [0.25, 0.3) is 0 Å². The van der Waals surface area contributed by atoms with Crippen molar-refractivity contribution >= 4 is 0 Å². The molecule has 0 saturated heterocycles. The van der Waals surface area contributed by atoms with Crippen molar-refractivity contribution in [2.45, 2.75) is 40.4 Å². The quantitative estimate of drug-likeness (QED) is 0.850. The van der Waals surface area contributed by atoms with Crippen LogP contribution in [0.4, 0.5) is 0 Å². The smallest absolute Gasteiger partial charge is 0.146 e. The second kappa shape index (κ2) is 5.97. The molecule has 2 heterocycles. The SMILES string of the molecule is CNCc1cnc(C)n1Cc1ncnn1CC(C)C. The van der Waals surface area contributed by atoms with E-state index in [9.17, 15) is 0 Å². The molecule has 2 aromatic heterocycles. The zero-order chi connectivity index (χ0) is 13.8. The van der Waals surface area contributed by atoms with Crippen LogP contribution in [-0.2, 0) is 19.6 Å². The lowest BCUT2D eigenvalue weighted by atomic mass is 10.2. The van der Waals surface area contributed by atoms with Crippen molar-refractivity contribution in [2.24, 2.45) is 5.92 Å². The fraction of sp³-hybridized carbons (Fsp3) is 0.615. The Labute approximate surface area is 113 Å². The molecule has 0 amide bonds. The third-order valence-corrected chi connectivity index (χ3v) is 3.03. The lowest BCUT2D eigenvalue weighted by Crippen LogP contribution is -2.17. The van der Waals surface area contributed by atoms with E-state index in [1.807, 2.05) is 24.9 Å². The van der Waals surface area contributed by atoms with Crippen LogP contribution >= 0.6 is 0 Å². The Morgan fingerprint density at radius 3 is 2.79 bits per heavy atom. The van der Waals surface area contributed by atoms with E-state index in [4.69, 9.17) is 0 Å². The number of rotatable bonds is 6. The van der Waals surface area contributed by atoms with Gasteiger partial charge in [-0.1, -0.05) is 13.8 Å². The average molecular weight is 262 g/mol. The molecule has 0 atom stereocenters. The van der Waals surface area contributed by atoms with Crippen LogP contribution in [0.5, 0.6) is 0 Å². The minimum atomic E-state index is 0.557. The van der Waals surface area contributed by atoms with Gasteiger partial charge in [0, 0.05) is 19.3 Å². The number of hydrogen-bond donors (Lipinski definition) is 1. The predicted octanol–water partition coefficient (Wildman–Crippen LogP) is 1.21. The maximum Gasteiger partial charge on any atom is 0.146 e. The summed E-state index contributed by atoms with van der Waals surface area (Å²) in [4.78, 5) is 8.74. The summed E-state index contributed by atoms with van der Waals surface area (Å²) >= 11 is 0. The summed E-state index contributed by atoms with van der Waals surface area (Å²) in [5.74, 6) is 2.54. The van der Waals surface area contributed by atoms with E-state index >= 15 is 0 Å². The topological polar surface area (TPSA) is 60.6 Å². The third kappa shape index (κ3) is 3.20. The van der Waals surface area contributed by atoms with Gasteiger partial charge in [-0.2, -0.15) is 5.10 Å². The van der Waals surface area contributed by atoms with Crippen LogP contribution in [0, 0.1) is 12.8 Å². The lowest BCUT2D eigenvalue weighted by Gasteiger charge is -2.12. The molecular formula is C13H22N6. The molecule has 0 bridgehead atoms. The number of nitrogens with zero attached hydrogens (tertiary/aromatic N) is 5. The van der Waals surface area contributed by atoms with Crippen molar-refractivity contribution in [1.29, 1.82) is 0 Å². The van der Waals surface area contributed by atoms with Gasteiger partial charge in [0.2, 0.25) is 0 Å². The highest BCUT2D eigenvalue weighted by molar-refractivity contribution is 5.06. The van der Waals surface area contributed by atoms with Gasteiger partial charge in [-0.3, -0.25) is 0 Å². The summed E-state index contributed by atoms with van der Waals surface area (Å²) < 4.78 is 4.16. The van der Waals surface area contributed by atoms with Gasteiger partial charge in [-0.15, -0.1) is 0 Å². The molecule has 0 fully saturated rings. The second-order valence-electron chi connectivity index (χ2n) is 5.17. The monoisotopic (exact) mass is 262 g/mol. The molecule has 6 heteroatoms. The van der Waals surface area contributed by atoms with Crippen LogP contribution in [0.15, 0.2) is 12.5 Å². The van der Waals surface area contributed by atoms with Crippen molar-refractivity contribution in [3.05, 3.63) is 29.9 Å². The summed E-state index contributed by atoms with van der Waals surface area (Å²) in [5, 5.41) is 7.46. The fourth-order valence-corrected chi connectivity index (χ4v) is 2.10. The number of aryl methyl sites for hydroxylation is 1. The molecule has 1 N–H and O–H groups in total. The van der Waals surface area contributed by atoms with Gasteiger partial charge in [0.05, 0.1) is 12.2 Å². The van der Waals surface area contributed by atoms with E-state index in [-0.39, 0.29) is 0 Å². The number of nitrogens with one attached hydrogen (secondary N) is 1. The zero-order valence-corrected chi connectivity index (χ0v) is 12.1. The Morgan fingerprint density at radius 1 is 1.32 bits per heavy atom. The summed E-state index contributed by atoms with van der Waals surface area (Å²) in [6.07, 6.45) is 3.54. The average Bonchev–Trinajstić information content (AvgIpc) is 2.91. The number of imidazole rings is 1. The number of aromatic nitrogens is 5. The van der Waals surface area contributed by atoms with Crippen molar-refractivity contribution < 1.29 is 0 Å². The maximum atomic E-state index is 4.37. The molecule has 0 aromatic carbocycles. The Hall–Kier alpha value is -1.69. The third-order valence-electron chi connectivity index (χ3n) is 3.03. The molecule has 0 spiro atoms. The molecule has 2 rings (SSSR count). The van der Waals surface area contributed by atoms with E-state index in [1.54, 1.807) is 6.33 Å². The molecule has 0 aliphatic heterocycles. The van der Waals surface area contributed by atoms with Crippen molar-refractivity contribution in [3.8, 4) is 0 Å². The molecule has 0 aliphatic carbocycles. The van der Waals surface area contributed by atoms with Gasteiger partial charge >= 0.3 is 0 Å². The van der Waals surface area contributed by atoms with Gasteiger partial charge < -0.3 is 9.88 Å². The van der Waals surface area contributed by atoms with E-state index < -0.39 is 0 Å². The van der Waals surface area contributed by atoms with E-state index in [0.717, 1.165) is 31.3 Å². The van der Waals surface area contributed by atoms with Crippen molar-refractivity contribution in [2.75, 3.05) is 7.05 Å². The normalized spacial score (nSPS) is 11.4. The van der Waals surface area contributed by atoms with Gasteiger partial charge in [0.1, 0.15) is 18.0 Å². The molecule has 6 nitrogen and oxygen atoms in total. The fourth-order valence-electron chi connectivity index (χ4n) is 2.10. The Kier molecular flexibility index (Phi) is 4.31. The standard InChI is InChI=1S/C13H22N6/c1-10(2)7-19-13(16-9-17-19)8-18-11(3)15-6-12(18)5-14-4/h6,9-10,14H,5,7-8H2,1-4H3. The van der Waals surface area contributed by atoms with Gasteiger partial charge in [-0.05, 0) is 19.9 Å². The minimum absolute atomic E-state index is 0.557. The zero-order valence-electron chi connectivity index (χ0n) is 12.1. The van der Waals surface area contributed by atoms with Gasteiger partial charge in [-0.25, -0.2) is 14.6 Å². The van der Waals surface area contributed by atoms with E-state index in [2.05, 4.69) is 38.8 Å². The van der Waals surface area contributed by atoms with Crippen LogP contribution < -0.4 is 5.32 Å². The van der Waals surface area contributed by atoms with Crippen LogP contribution in [0.1, 0.15) is 31.2 Å². The first-order chi connectivity index (χ1) is 9.11. The lowest BCUT2D eigenvalue weighted by molar-refractivity contribution is 0.458. The molecule has 104 valence electrons. The summed E-state index contributed by atoms with van der Waals surface area (Å²) in [5.41, 5.74) is 1.17. The summed E-state index contributed by atoms with van der Waals surface area (Å²) in [7, 11) is 1.94. The molecule has 0 aliphatic rings. The van der Waals surface area contributed by atoms with Gasteiger partial charge in [0.15, 0.2) is 0 Å². The Balaban J connectivity index is 2.21. The highest BCUT2D eigenvalue weighted by Gasteiger charge is 2.11. The highest BCUT2D eigenvalue weighted by Crippen LogP contribution is 2.09. The molecular weight excluding hydrogens is 240 g/mol. The predicted molar refractivity (Wildman–Crippen MR) is 73.7 cm³/mol. The second-order valence-corrected chi connectivity index (χ2v) is 5.17. The van der Waals surface area contributed by atoms with Crippen LogP contribution in [0.3, 0.4) is 0 Å². The van der Waals surface area contributed by atoms with E-state index in [1.165, 1.54) is 5.69 Å². The summed E-state index contributed by atoms with van der Waals surface area (Å²) in [6, 6.07) is 0. The summed E-state index contributed by atoms with van der Waals surface area (Å²) in [6.45, 7) is 8.79.